The van der Waals surface area contributed by atoms with E-state index in [9.17, 15) is 18.0 Å². The van der Waals surface area contributed by atoms with E-state index in [0.29, 0.717) is 4.88 Å². The summed E-state index contributed by atoms with van der Waals surface area (Å²) in [7, 11) is 0. The van der Waals surface area contributed by atoms with Crippen molar-refractivity contribution in [2.45, 2.75) is 12.3 Å². The van der Waals surface area contributed by atoms with Crippen LogP contribution in [-0.2, 0) is 4.74 Å². The highest BCUT2D eigenvalue weighted by atomic mass is 35.5. The predicted octanol–water partition coefficient (Wildman–Crippen LogP) is 5.18. The van der Waals surface area contributed by atoms with Crippen molar-refractivity contribution in [1.29, 1.82) is 0 Å². The maximum Gasteiger partial charge on any atom is 0.511 e. The molecule has 1 aromatic carbocycles. The second-order valence-corrected chi connectivity index (χ2v) is 6.15. The molecule has 1 aromatic heterocycles. The molecule has 1 aliphatic heterocycles. The van der Waals surface area contributed by atoms with Crippen molar-refractivity contribution in [3.63, 3.8) is 0 Å². The number of carbonyl (C=O) groups is 1. The number of thiophene rings is 1. The van der Waals surface area contributed by atoms with E-state index in [-0.39, 0.29) is 21.9 Å². The summed E-state index contributed by atoms with van der Waals surface area (Å²) in [6.45, 7) is 0. The van der Waals surface area contributed by atoms with Crippen LogP contribution in [0.3, 0.4) is 0 Å². The van der Waals surface area contributed by atoms with E-state index in [2.05, 4.69) is 4.74 Å². The zero-order chi connectivity index (χ0) is 17.5. The van der Waals surface area contributed by atoms with Crippen molar-refractivity contribution in [2.24, 2.45) is 0 Å². The molecule has 4 nitrogen and oxygen atoms in total. The van der Waals surface area contributed by atoms with E-state index in [4.69, 9.17) is 21.4 Å². The number of benzene rings is 1. The second-order valence-electron chi connectivity index (χ2n) is 4.76. The fourth-order valence-corrected chi connectivity index (χ4v) is 3.30. The number of fused-ring (bicyclic) bond motifs is 1. The zero-order valence-electron chi connectivity index (χ0n) is 11.6. The lowest BCUT2D eigenvalue weighted by Gasteiger charge is -2.30. The van der Waals surface area contributed by atoms with E-state index >= 15 is 0 Å². The van der Waals surface area contributed by atoms with E-state index in [1.165, 1.54) is 18.2 Å². The molecule has 9 heteroatoms. The summed E-state index contributed by atoms with van der Waals surface area (Å²) in [5.74, 6) is -0.880. The Morgan fingerprint density at radius 3 is 2.67 bits per heavy atom. The molecule has 0 spiro atoms. The van der Waals surface area contributed by atoms with Gasteiger partial charge in [-0.25, -0.2) is 4.79 Å². The molecule has 0 saturated carbocycles. The van der Waals surface area contributed by atoms with E-state index in [1.807, 2.05) is 0 Å². The molecule has 1 unspecified atom stereocenters. The SMILES string of the molecule is O=C(O)OC1=C(c2cccs2)c2cc(Cl)ccc2OC1C(F)(F)F. The standard InChI is InChI=1S/C15H8ClF3O4S/c16-7-3-4-9-8(6-7)11(10-2-1-5-24-10)12(23-14(20)21)13(22-9)15(17,18)19/h1-6,13H,(H,20,21). The Hall–Kier alpha value is -2.19. The average Bonchev–Trinajstić information content (AvgIpc) is 2.98. The normalized spacial score (nSPS) is 17.2. The van der Waals surface area contributed by atoms with Crippen LogP contribution >= 0.6 is 22.9 Å². The summed E-state index contributed by atoms with van der Waals surface area (Å²) in [5.41, 5.74) is 0.236. The summed E-state index contributed by atoms with van der Waals surface area (Å²) in [5, 5.41) is 10.8. The molecule has 3 rings (SSSR count). The Labute approximate surface area is 142 Å². The van der Waals surface area contributed by atoms with Crippen LogP contribution in [0.4, 0.5) is 18.0 Å². The van der Waals surface area contributed by atoms with Gasteiger partial charge >= 0.3 is 12.3 Å². The first-order valence-electron chi connectivity index (χ1n) is 6.49. The highest BCUT2D eigenvalue weighted by Crippen LogP contribution is 2.46. The maximum atomic E-state index is 13.4. The van der Waals surface area contributed by atoms with Crippen molar-refractivity contribution in [3.05, 3.63) is 56.9 Å². The van der Waals surface area contributed by atoms with Crippen LogP contribution in [-0.4, -0.2) is 23.5 Å². The highest BCUT2D eigenvalue weighted by molar-refractivity contribution is 7.11. The number of alkyl halides is 3. The minimum absolute atomic E-state index is 0.00141. The third-order valence-electron chi connectivity index (χ3n) is 3.20. The fourth-order valence-electron chi connectivity index (χ4n) is 2.33. The highest BCUT2D eigenvalue weighted by Gasteiger charge is 2.50. The quantitative estimate of drug-likeness (QED) is 0.734. The van der Waals surface area contributed by atoms with Gasteiger partial charge in [-0.1, -0.05) is 17.7 Å². The minimum Gasteiger partial charge on any atom is -0.472 e. The van der Waals surface area contributed by atoms with Gasteiger partial charge in [-0.3, -0.25) is 0 Å². The molecule has 0 saturated heterocycles. The van der Waals surface area contributed by atoms with Crippen molar-refractivity contribution in [2.75, 3.05) is 0 Å². The second kappa shape index (κ2) is 6.03. The van der Waals surface area contributed by atoms with E-state index in [1.54, 1.807) is 17.5 Å². The molecular weight excluding hydrogens is 369 g/mol. The summed E-state index contributed by atoms with van der Waals surface area (Å²) in [6, 6.07) is 7.30. The summed E-state index contributed by atoms with van der Waals surface area (Å²) < 4.78 is 49.6. The van der Waals surface area contributed by atoms with Crippen molar-refractivity contribution < 1.29 is 32.5 Å². The molecule has 1 aliphatic rings. The lowest BCUT2D eigenvalue weighted by atomic mass is 9.96. The van der Waals surface area contributed by atoms with Crippen molar-refractivity contribution >= 4 is 34.7 Å². The van der Waals surface area contributed by atoms with Gasteiger partial charge in [-0.2, -0.15) is 13.2 Å². The van der Waals surface area contributed by atoms with Gasteiger partial charge in [0.1, 0.15) is 5.75 Å². The van der Waals surface area contributed by atoms with Crippen LogP contribution in [0.15, 0.2) is 41.5 Å². The number of rotatable bonds is 2. The van der Waals surface area contributed by atoms with Crippen LogP contribution in [0.2, 0.25) is 5.02 Å². The first-order chi connectivity index (χ1) is 11.3. The Kier molecular flexibility index (Phi) is 4.18. The van der Waals surface area contributed by atoms with Crippen LogP contribution in [0.25, 0.3) is 5.57 Å². The monoisotopic (exact) mass is 376 g/mol. The van der Waals surface area contributed by atoms with Gasteiger partial charge in [-0.15, -0.1) is 11.3 Å². The Morgan fingerprint density at radius 1 is 1.33 bits per heavy atom. The smallest absolute Gasteiger partial charge is 0.472 e. The Morgan fingerprint density at radius 2 is 2.08 bits per heavy atom. The molecule has 1 atom stereocenters. The van der Waals surface area contributed by atoms with Gasteiger partial charge in [0.15, 0.2) is 5.76 Å². The third kappa shape index (κ3) is 3.07. The van der Waals surface area contributed by atoms with Gasteiger partial charge < -0.3 is 14.6 Å². The largest absolute Gasteiger partial charge is 0.511 e. The number of hydrogen-bond donors (Lipinski definition) is 1. The van der Waals surface area contributed by atoms with Gasteiger partial charge in [-0.05, 0) is 29.6 Å². The lowest BCUT2D eigenvalue weighted by Crippen LogP contribution is -2.40. The molecule has 0 radical (unpaired) electrons. The van der Waals surface area contributed by atoms with Crippen molar-refractivity contribution in [1.82, 2.24) is 0 Å². The summed E-state index contributed by atoms with van der Waals surface area (Å²) in [4.78, 5) is 11.3. The fraction of sp³-hybridized carbons (Fsp3) is 0.133. The molecule has 1 N–H and O–H groups in total. The molecule has 2 heterocycles. The third-order valence-corrected chi connectivity index (χ3v) is 4.32. The van der Waals surface area contributed by atoms with Gasteiger partial charge in [0.05, 0.1) is 0 Å². The van der Waals surface area contributed by atoms with Gasteiger partial charge in [0, 0.05) is 21.0 Å². The minimum atomic E-state index is -4.86. The Bertz CT molecular complexity index is 815. The number of hydrogen-bond acceptors (Lipinski definition) is 4. The zero-order valence-corrected chi connectivity index (χ0v) is 13.2. The van der Waals surface area contributed by atoms with Gasteiger partial charge in [0.25, 0.3) is 6.10 Å². The molecular formula is C15H8ClF3O4S. The van der Waals surface area contributed by atoms with E-state index in [0.717, 1.165) is 11.3 Å². The molecule has 126 valence electrons. The van der Waals surface area contributed by atoms with Crippen molar-refractivity contribution in [3.8, 4) is 5.75 Å². The Balaban J connectivity index is 2.31. The average molecular weight is 377 g/mol. The summed E-state index contributed by atoms with van der Waals surface area (Å²) in [6.07, 6.45) is -9.24. The molecule has 24 heavy (non-hydrogen) atoms. The number of halogens is 4. The summed E-state index contributed by atoms with van der Waals surface area (Å²) >= 11 is 7.07. The first kappa shape index (κ1) is 16.7. The first-order valence-corrected chi connectivity index (χ1v) is 7.75. The lowest BCUT2D eigenvalue weighted by molar-refractivity contribution is -0.192. The van der Waals surface area contributed by atoms with Gasteiger partial charge in [0.2, 0.25) is 0 Å². The predicted molar refractivity (Wildman–Crippen MR) is 81.4 cm³/mol. The maximum absolute atomic E-state index is 13.4. The molecule has 0 amide bonds. The van der Waals surface area contributed by atoms with Crippen LogP contribution < -0.4 is 4.74 Å². The molecule has 0 fully saturated rings. The number of ether oxygens (including phenoxy) is 2. The van der Waals surface area contributed by atoms with Crippen LogP contribution in [0.1, 0.15) is 10.4 Å². The molecule has 2 aromatic rings. The molecule has 0 bridgehead atoms. The van der Waals surface area contributed by atoms with Crippen LogP contribution in [0, 0.1) is 0 Å². The van der Waals surface area contributed by atoms with Crippen LogP contribution in [0.5, 0.6) is 5.75 Å². The van der Waals surface area contributed by atoms with E-state index < -0.39 is 24.2 Å². The topological polar surface area (TPSA) is 55.8 Å². The molecule has 0 aliphatic carbocycles. The number of carboxylic acid groups (broad SMARTS) is 1.